The van der Waals surface area contributed by atoms with Crippen molar-refractivity contribution in [3.63, 3.8) is 0 Å². The van der Waals surface area contributed by atoms with Crippen LogP contribution in [0.2, 0.25) is 0 Å². The summed E-state index contributed by atoms with van der Waals surface area (Å²) in [5.74, 6) is 0. The highest BCUT2D eigenvalue weighted by atomic mass is 15.1. The molecule has 0 spiro atoms. The van der Waals surface area contributed by atoms with E-state index in [9.17, 15) is 0 Å². The molecular weight excluding hydrogens is 196 g/mol. The topological polar surface area (TPSA) is 16.1 Å². The Bertz CT molecular complexity index is 390. The Morgan fingerprint density at radius 2 is 2.38 bits per heavy atom. The van der Waals surface area contributed by atoms with Gasteiger partial charge in [0.05, 0.1) is 5.69 Å². The maximum absolute atomic E-state index is 4.48. The van der Waals surface area contributed by atoms with Gasteiger partial charge < -0.3 is 0 Å². The molecule has 0 saturated heterocycles. The van der Waals surface area contributed by atoms with E-state index in [4.69, 9.17) is 0 Å². The molecule has 0 saturated carbocycles. The minimum absolute atomic E-state index is 1.02. The average Bonchev–Trinajstić information content (AvgIpc) is 2.39. The second kappa shape index (κ2) is 5.08. The predicted octanol–water partition coefficient (Wildman–Crippen LogP) is 2.83. The van der Waals surface area contributed by atoms with E-state index in [0.29, 0.717) is 0 Å². The fourth-order valence-electron chi connectivity index (χ4n) is 1.98. The van der Waals surface area contributed by atoms with Gasteiger partial charge >= 0.3 is 0 Å². The number of likely N-dealkylation sites (N-methyl/N-ethyl adjacent to an activating group) is 1. The van der Waals surface area contributed by atoms with Crippen LogP contribution in [0.4, 0.5) is 0 Å². The molecule has 1 aromatic heterocycles. The number of aromatic nitrogens is 1. The van der Waals surface area contributed by atoms with E-state index in [1.807, 2.05) is 12.3 Å². The van der Waals surface area contributed by atoms with Crippen LogP contribution in [0.25, 0.3) is 11.6 Å². The molecule has 2 nitrogen and oxygen atoms in total. The second-order valence-electron chi connectivity index (χ2n) is 4.07. The monoisotopic (exact) mass is 214 g/mol. The molecule has 1 aromatic rings. The van der Waals surface area contributed by atoms with Gasteiger partial charge in [-0.3, -0.25) is 9.88 Å². The van der Waals surface area contributed by atoms with E-state index in [1.165, 1.54) is 12.1 Å². The molecule has 0 atom stereocenters. The first-order valence-corrected chi connectivity index (χ1v) is 5.83. The van der Waals surface area contributed by atoms with E-state index < -0.39 is 0 Å². The fourth-order valence-corrected chi connectivity index (χ4v) is 1.98. The molecule has 0 radical (unpaired) electrons. The smallest absolute Gasteiger partial charge is 0.0671 e. The quantitative estimate of drug-likeness (QED) is 0.769. The van der Waals surface area contributed by atoms with E-state index in [2.05, 4.69) is 41.6 Å². The summed E-state index contributed by atoms with van der Waals surface area (Å²) >= 11 is 0. The third-order valence-corrected chi connectivity index (χ3v) is 3.03. The van der Waals surface area contributed by atoms with Gasteiger partial charge in [-0.15, -0.1) is 0 Å². The van der Waals surface area contributed by atoms with Crippen molar-refractivity contribution in [2.24, 2.45) is 0 Å². The Balaban J connectivity index is 2.17. The molecule has 0 N–H and O–H groups in total. The van der Waals surface area contributed by atoms with Gasteiger partial charge in [0, 0.05) is 19.3 Å². The van der Waals surface area contributed by atoms with Crippen LogP contribution in [-0.2, 0) is 0 Å². The van der Waals surface area contributed by atoms with Crippen molar-refractivity contribution in [2.75, 3.05) is 19.6 Å². The molecule has 0 aromatic carbocycles. The normalized spacial score (nSPS) is 16.9. The number of rotatable bonds is 3. The zero-order chi connectivity index (χ0) is 11.4. The van der Waals surface area contributed by atoms with Crippen molar-refractivity contribution >= 4 is 11.6 Å². The summed E-state index contributed by atoms with van der Waals surface area (Å²) in [6, 6.07) is 4.16. The maximum Gasteiger partial charge on any atom is 0.0671 e. The molecule has 0 fully saturated rings. The Labute approximate surface area is 97.3 Å². The molecule has 0 amide bonds. The van der Waals surface area contributed by atoms with Crippen molar-refractivity contribution in [1.29, 1.82) is 0 Å². The lowest BCUT2D eigenvalue weighted by atomic mass is 10.1. The van der Waals surface area contributed by atoms with Gasteiger partial charge in [0.25, 0.3) is 0 Å². The summed E-state index contributed by atoms with van der Waals surface area (Å²) in [4.78, 5) is 6.92. The van der Waals surface area contributed by atoms with Crippen LogP contribution in [-0.4, -0.2) is 29.5 Å². The summed E-state index contributed by atoms with van der Waals surface area (Å²) in [5.41, 5.74) is 3.53. The van der Waals surface area contributed by atoms with Gasteiger partial charge in [-0.2, -0.15) is 0 Å². The van der Waals surface area contributed by atoms with Crippen LogP contribution in [0.1, 0.15) is 24.6 Å². The summed E-state index contributed by atoms with van der Waals surface area (Å²) in [7, 11) is 0. The average molecular weight is 214 g/mol. The number of hydrogen-bond donors (Lipinski definition) is 0. The summed E-state index contributed by atoms with van der Waals surface area (Å²) in [5, 5.41) is 0. The first-order valence-electron chi connectivity index (χ1n) is 5.83. The number of nitrogens with zero attached hydrogens (tertiary/aromatic N) is 2. The predicted molar refractivity (Wildman–Crippen MR) is 69.0 cm³/mol. The third-order valence-electron chi connectivity index (χ3n) is 3.03. The summed E-state index contributed by atoms with van der Waals surface area (Å²) in [6.07, 6.45) is 7.15. The van der Waals surface area contributed by atoms with Crippen LogP contribution in [0, 0.1) is 0 Å². The highest BCUT2D eigenvalue weighted by molar-refractivity contribution is 5.65. The van der Waals surface area contributed by atoms with E-state index in [-0.39, 0.29) is 0 Å². The van der Waals surface area contributed by atoms with Gasteiger partial charge in [-0.05, 0) is 30.2 Å². The number of pyridine rings is 1. The van der Waals surface area contributed by atoms with Crippen molar-refractivity contribution in [2.45, 2.75) is 13.3 Å². The minimum atomic E-state index is 1.02. The lowest BCUT2D eigenvalue weighted by Crippen LogP contribution is -2.29. The molecule has 1 aliphatic heterocycles. The highest BCUT2D eigenvalue weighted by Crippen LogP contribution is 2.19. The van der Waals surface area contributed by atoms with Crippen molar-refractivity contribution in [3.8, 4) is 0 Å². The largest absolute Gasteiger partial charge is 0.299 e. The maximum atomic E-state index is 4.48. The standard InChI is InChI=1S/C14H18N2/c1-3-12-7-8-14(15-10-12)13-6-5-9-16(4-2)11-13/h3,6-8,10H,1,4-5,9,11H2,2H3. The molecule has 2 heterocycles. The summed E-state index contributed by atoms with van der Waals surface area (Å²) < 4.78 is 0. The van der Waals surface area contributed by atoms with Crippen molar-refractivity contribution in [3.05, 3.63) is 42.2 Å². The molecule has 1 aliphatic rings. The first kappa shape index (κ1) is 11.1. The minimum Gasteiger partial charge on any atom is -0.299 e. The molecule has 84 valence electrons. The van der Waals surface area contributed by atoms with Crippen LogP contribution < -0.4 is 0 Å². The van der Waals surface area contributed by atoms with Gasteiger partial charge in [0.2, 0.25) is 0 Å². The van der Waals surface area contributed by atoms with E-state index >= 15 is 0 Å². The Morgan fingerprint density at radius 3 is 3.00 bits per heavy atom. The SMILES string of the molecule is C=Cc1ccc(C2=CCCN(CC)C2)nc1. The number of hydrogen-bond acceptors (Lipinski definition) is 2. The van der Waals surface area contributed by atoms with Gasteiger partial charge in [-0.25, -0.2) is 0 Å². The highest BCUT2D eigenvalue weighted by Gasteiger charge is 2.12. The Hall–Kier alpha value is -1.41. The second-order valence-corrected chi connectivity index (χ2v) is 4.07. The van der Waals surface area contributed by atoms with Gasteiger partial charge in [0.15, 0.2) is 0 Å². The molecule has 0 bridgehead atoms. The molecule has 2 rings (SSSR count). The van der Waals surface area contributed by atoms with Gasteiger partial charge in [0.1, 0.15) is 0 Å². The Kier molecular flexibility index (Phi) is 3.52. The fraction of sp³-hybridized carbons (Fsp3) is 0.357. The lowest BCUT2D eigenvalue weighted by molar-refractivity contribution is 0.321. The van der Waals surface area contributed by atoms with E-state index in [0.717, 1.165) is 30.8 Å². The lowest BCUT2D eigenvalue weighted by Gasteiger charge is -2.25. The molecule has 2 heteroatoms. The molecule has 0 aliphatic carbocycles. The zero-order valence-electron chi connectivity index (χ0n) is 9.82. The Morgan fingerprint density at radius 1 is 1.50 bits per heavy atom. The van der Waals surface area contributed by atoms with Gasteiger partial charge in [-0.1, -0.05) is 31.7 Å². The molecule has 16 heavy (non-hydrogen) atoms. The third kappa shape index (κ3) is 2.39. The molecular formula is C14H18N2. The van der Waals surface area contributed by atoms with Crippen molar-refractivity contribution < 1.29 is 0 Å². The van der Waals surface area contributed by atoms with Crippen LogP contribution in [0.15, 0.2) is 31.0 Å². The first-order chi connectivity index (χ1) is 7.83. The van der Waals surface area contributed by atoms with Crippen molar-refractivity contribution in [1.82, 2.24) is 9.88 Å². The molecule has 0 unspecified atom stereocenters. The zero-order valence-corrected chi connectivity index (χ0v) is 9.82. The van der Waals surface area contributed by atoms with E-state index in [1.54, 1.807) is 0 Å². The van der Waals surface area contributed by atoms with Crippen LogP contribution >= 0.6 is 0 Å². The summed E-state index contributed by atoms with van der Waals surface area (Å²) in [6.45, 7) is 9.25. The van der Waals surface area contributed by atoms with Crippen LogP contribution in [0.5, 0.6) is 0 Å². The van der Waals surface area contributed by atoms with Crippen LogP contribution in [0.3, 0.4) is 0 Å².